The lowest BCUT2D eigenvalue weighted by Gasteiger charge is -2.37. The van der Waals surface area contributed by atoms with Crippen LogP contribution in [0.15, 0.2) is 60.8 Å². The fourth-order valence-electron chi connectivity index (χ4n) is 5.24. The zero-order valence-electron chi connectivity index (χ0n) is 26.1. The van der Waals surface area contributed by atoms with Crippen molar-refractivity contribution >= 4 is 47.3 Å². The minimum absolute atomic E-state index is 0.110. The van der Waals surface area contributed by atoms with Crippen LogP contribution < -0.4 is 15.1 Å². The number of halogens is 5. The number of aromatic nitrogens is 1. The number of nitrogens with zero attached hydrogens (tertiary/aromatic N) is 5. The highest BCUT2D eigenvalue weighted by atomic mass is 35.5. The van der Waals surface area contributed by atoms with Gasteiger partial charge in [-0.05, 0) is 37.3 Å². The zero-order valence-corrected chi connectivity index (χ0v) is 26.9. The van der Waals surface area contributed by atoms with Crippen LogP contribution in [0.25, 0.3) is 0 Å². The number of ether oxygens (including phenoxy) is 1. The van der Waals surface area contributed by atoms with Crippen LogP contribution in [0.3, 0.4) is 0 Å². The number of nitrogens with one attached hydrogen (secondary N) is 1. The number of carbonyl (C=O) groups is 4. The molecule has 2 aliphatic rings. The van der Waals surface area contributed by atoms with Gasteiger partial charge in [0.1, 0.15) is 23.5 Å². The van der Waals surface area contributed by atoms with Crippen molar-refractivity contribution in [1.82, 2.24) is 15.2 Å². The highest BCUT2D eigenvalue weighted by molar-refractivity contribution is 6.31. The summed E-state index contributed by atoms with van der Waals surface area (Å²) in [7, 11) is 0. The number of carbonyl (C=O) groups excluding carboxylic acids is 4. The molecule has 49 heavy (non-hydrogen) atoms. The maximum absolute atomic E-state index is 13.6. The van der Waals surface area contributed by atoms with Crippen molar-refractivity contribution in [2.24, 2.45) is 0 Å². The number of rotatable bonds is 10. The van der Waals surface area contributed by atoms with Crippen LogP contribution >= 0.6 is 11.6 Å². The molecule has 5 rings (SSSR count). The summed E-state index contributed by atoms with van der Waals surface area (Å²) in [6, 6.07) is 11.5. The van der Waals surface area contributed by atoms with E-state index in [1.165, 1.54) is 23.2 Å². The smallest absolute Gasteiger partial charge is 0.320 e. The van der Waals surface area contributed by atoms with Gasteiger partial charge in [-0.15, -0.1) is 0 Å². The predicted molar refractivity (Wildman–Crippen MR) is 170 cm³/mol. The number of piperazine rings is 1. The van der Waals surface area contributed by atoms with Crippen LogP contribution in [-0.2, 0) is 23.9 Å². The van der Waals surface area contributed by atoms with Crippen molar-refractivity contribution in [2.45, 2.75) is 37.8 Å². The molecule has 1 atom stereocenters. The molecular formula is C33H31ClF4N6O5. The van der Waals surface area contributed by atoms with Gasteiger partial charge in [0, 0.05) is 54.8 Å². The Hall–Kier alpha value is -5.07. The lowest BCUT2D eigenvalue weighted by molar-refractivity contribution is -0.145. The molecule has 1 saturated carbocycles. The number of amides is 3. The van der Waals surface area contributed by atoms with Crippen molar-refractivity contribution in [1.29, 1.82) is 5.26 Å². The normalized spacial score (nSPS) is 16.3. The number of anilines is 2. The van der Waals surface area contributed by atoms with E-state index in [0.717, 1.165) is 17.0 Å². The van der Waals surface area contributed by atoms with Crippen molar-refractivity contribution in [3.63, 3.8) is 0 Å². The van der Waals surface area contributed by atoms with Gasteiger partial charge in [-0.2, -0.15) is 5.26 Å². The number of nitriles is 1. The largest absolute Gasteiger partial charge is 0.465 e. The molecule has 258 valence electrons. The monoisotopic (exact) mass is 702 g/mol. The van der Waals surface area contributed by atoms with Crippen LogP contribution in [0.5, 0.6) is 0 Å². The van der Waals surface area contributed by atoms with Crippen molar-refractivity contribution in [3.8, 4) is 6.07 Å². The summed E-state index contributed by atoms with van der Waals surface area (Å²) >= 11 is 6.15. The number of pyridine rings is 1. The second-order valence-electron chi connectivity index (χ2n) is 11.1. The van der Waals surface area contributed by atoms with Crippen LogP contribution in [0, 0.1) is 23.0 Å². The molecule has 1 aliphatic carbocycles. The summed E-state index contributed by atoms with van der Waals surface area (Å²) in [4.78, 5) is 56.4. The van der Waals surface area contributed by atoms with E-state index >= 15 is 0 Å². The summed E-state index contributed by atoms with van der Waals surface area (Å²) in [6.45, 7) is 3.31. The van der Waals surface area contributed by atoms with E-state index in [9.17, 15) is 36.7 Å². The Kier molecular flexibility index (Phi) is 12.3. The highest BCUT2D eigenvalue weighted by Crippen LogP contribution is 2.38. The van der Waals surface area contributed by atoms with E-state index in [-0.39, 0.29) is 47.6 Å². The summed E-state index contributed by atoms with van der Waals surface area (Å²) in [5, 5.41) is 11.5. The molecule has 1 N–H and O–H groups in total. The SMILES string of the molecule is CCOC(=O)CN1CCN(c2cc(C#N)ccn2)C(=O)C1.O=CN(c1cc(F)cc(F)c1)C(C(=O)NC1CC(F)(F)C1)c1ccccc1Cl. The van der Waals surface area contributed by atoms with Gasteiger partial charge in [-0.3, -0.25) is 33.9 Å². The van der Waals surface area contributed by atoms with E-state index < -0.39 is 48.4 Å². The second-order valence-corrected chi connectivity index (χ2v) is 11.5. The van der Waals surface area contributed by atoms with Gasteiger partial charge < -0.3 is 10.1 Å². The molecule has 2 heterocycles. The molecule has 0 radical (unpaired) electrons. The van der Waals surface area contributed by atoms with Gasteiger partial charge in [0.25, 0.3) is 5.92 Å². The lowest BCUT2D eigenvalue weighted by Crippen LogP contribution is -2.53. The summed E-state index contributed by atoms with van der Waals surface area (Å²) in [6.07, 6.45) is 0.691. The molecule has 0 spiro atoms. The van der Waals surface area contributed by atoms with Gasteiger partial charge in [0.05, 0.1) is 37.0 Å². The first-order valence-electron chi connectivity index (χ1n) is 15.0. The molecule has 1 unspecified atom stereocenters. The Labute approximate surface area is 284 Å². The Morgan fingerprint density at radius 2 is 1.86 bits per heavy atom. The third-order valence-corrected chi connectivity index (χ3v) is 7.87. The fourth-order valence-corrected chi connectivity index (χ4v) is 5.48. The molecule has 3 aromatic rings. The standard InChI is InChI=1S/C19H15ClF4N2O2.C14H16N4O3/c20-16-4-2-1-3-15(16)17(18(28)25-13-8-19(23,24)9-13)26(10-27)14-6-11(21)5-12(22)7-14;1-2-21-14(20)10-17-5-6-18(13(19)9-17)12-7-11(8-15)3-4-16-12/h1-7,10,13,17H,8-9H2,(H,25,28);3-4,7H,2,5-6,9-10H2,1H3. The minimum Gasteiger partial charge on any atom is -0.465 e. The molecule has 0 bridgehead atoms. The van der Waals surface area contributed by atoms with Gasteiger partial charge in [-0.1, -0.05) is 29.8 Å². The Bertz CT molecular complexity index is 1710. The molecule has 1 aromatic heterocycles. The molecular weight excluding hydrogens is 672 g/mol. The summed E-state index contributed by atoms with van der Waals surface area (Å²) in [5.74, 6) is -5.54. The Morgan fingerprint density at radius 3 is 2.45 bits per heavy atom. The average molecular weight is 703 g/mol. The minimum atomic E-state index is -2.85. The maximum Gasteiger partial charge on any atom is 0.320 e. The number of alkyl halides is 2. The molecule has 2 aromatic carbocycles. The summed E-state index contributed by atoms with van der Waals surface area (Å²) in [5.41, 5.74) is 0.429. The molecule has 2 fully saturated rings. The zero-order chi connectivity index (χ0) is 35.7. The first-order chi connectivity index (χ1) is 23.3. The maximum atomic E-state index is 13.6. The number of hydrogen-bond acceptors (Lipinski definition) is 8. The van der Waals surface area contributed by atoms with E-state index in [0.29, 0.717) is 37.1 Å². The predicted octanol–water partition coefficient (Wildman–Crippen LogP) is 4.40. The first kappa shape index (κ1) is 36.8. The van der Waals surface area contributed by atoms with Crippen LogP contribution in [0.4, 0.5) is 29.1 Å². The van der Waals surface area contributed by atoms with Crippen molar-refractivity contribution < 1.29 is 41.5 Å². The Balaban J connectivity index is 0.000000230. The third kappa shape index (κ3) is 9.74. The summed E-state index contributed by atoms with van der Waals surface area (Å²) < 4.78 is 58.3. The third-order valence-electron chi connectivity index (χ3n) is 7.53. The molecule has 1 aliphatic heterocycles. The van der Waals surface area contributed by atoms with Gasteiger partial charge in [0.15, 0.2) is 0 Å². The van der Waals surface area contributed by atoms with Gasteiger partial charge in [-0.25, -0.2) is 22.5 Å². The quantitative estimate of drug-likeness (QED) is 0.187. The number of benzene rings is 2. The van der Waals surface area contributed by atoms with E-state index in [1.807, 2.05) is 6.07 Å². The number of hydrogen-bond donors (Lipinski definition) is 1. The molecule has 16 heteroatoms. The lowest BCUT2D eigenvalue weighted by atomic mass is 9.87. The van der Waals surface area contributed by atoms with Crippen LogP contribution in [0.1, 0.15) is 36.9 Å². The van der Waals surface area contributed by atoms with E-state index in [2.05, 4.69) is 10.3 Å². The topological polar surface area (TPSA) is 136 Å². The van der Waals surface area contributed by atoms with Crippen LogP contribution in [0.2, 0.25) is 5.02 Å². The van der Waals surface area contributed by atoms with Crippen molar-refractivity contribution in [2.75, 3.05) is 42.6 Å². The Morgan fingerprint density at radius 1 is 1.16 bits per heavy atom. The van der Waals surface area contributed by atoms with E-state index in [1.54, 1.807) is 36.1 Å². The molecule has 3 amide bonds. The average Bonchev–Trinajstić information content (AvgIpc) is 3.03. The van der Waals surface area contributed by atoms with Crippen LogP contribution in [-0.4, -0.2) is 78.8 Å². The van der Waals surface area contributed by atoms with Gasteiger partial charge >= 0.3 is 5.97 Å². The van der Waals surface area contributed by atoms with E-state index in [4.69, 9.17) is 21.6 Å². The highest BCUT2D eigenvalue weighted by Gasteiger charge is 2.47. The molecule has 11 nitrogen and oxygen atoms in total. The molecule has 1 saturated heterocycles. The fraction of sp³-hybridized carbons (Fsp3) is 0.333. The second kappa shape index (κ2) is 16.4. The first-order valence-corrected chi connectivity index (χ1v) is 15.4. The van der Waals surface area contributed by atoms with Crippen molar-refractivity contribution in [3.05, 3.63) is 88.6 Å². The van der Waals surface area contributed by atoms with Gasteiger partial charge in [0.2, 0.25) is 18.2 Å². The number of esters is 1.